The fraction of sp³-hybridized carbons (Fsp3) is 0.278. The molecule has 0 aliphatic heterocycles. The Bertz CT molecular complexity index is 941. The zero-order valence-electron chi connectivity index (χ0n) is 14.6. The van der Waals surface area contributed by atoms with Crippen molar-refractivity contribution in [2.45, 2.75) is 20.1 Å². The van der Waals surface area contributed by atoms with Crippen LogP contribution in [0, 0.1) is 6.92 Å². The SMILES string of the molecule is COCc1nc(OC)c2c(C)c(C(=O)NCc3ccc(Cl)cc3)sc2n1. The summed E-state index contributed by atoms with van der Waals surface area (Å²) in [5.41, 5.74) is 1.78. The molecule has 0 saturated heterocycles. The van der Waals surface area contributed by atoms with Gasteiger partial charge >= 0.3 is 0 Å². The van der Waals surface area contributed by atoms with Gasteiger partial charge < -0.3 is 14.8 Å². The lowest BCUT2D eigenvalue weighted by Crippen LogP contribution is -2.22. The molecule has 1 N–H and O–H groups in total. The molecule has 6 nitrogen and oxygen atoms in total. The van der Waals surface area contributed by atoms with Crippen LogP contribution >= 0.6 is 22.9 Å². The van der Waals surface area contributed by atoms with Crippen molar-refractivity contribution in [1.82, 2.24) is 15.3 Å². The Morgan fingerprint density at radius 1 is 1.23 bits per heavy atom. The predicted molar refractivity (Wildman–Crippen MR) is 102 cm³/mol. The number of hydrogen-bond acceptors (Lipinski definition) is 6. The van der Waals surface area contributed by atoms with E-state index in [-0.39, 0.29) is 12.5 Å². The number of hydrogen-bond donors (Lipinski definition) is 1. The van der Waals surface area contributed by atoms with E-state index in [0.717, 1.165) is 16.5 Å². The average molecular weight is 392 g/mol. The first-order chi connectivity index (χ1) is 12.5. The first kappa shape index (κ1) is 18.6. The van der Waals surface area contributed by atoms with Crippen molar-refractivity contribution >= 4 is 39.1 Å². The fourth-order valence-electron chi connectivity index (χ4n) is 2.57. The van der Waals surface area contributed by atoms with Crippen molar-refractivity contribution < 1.29 is 14.3 Å². The first-order valence-electron chi connectivity index (χ1n) is 7.89. The molecule has 2 aromatic heterocycles. The van der Waals surface area contributed by atoms with E-state index in [1.54, 1.807) is 26.4 Å². The molecule has 0 saturated carbocycles. The zero-order valence-corrected chi connectivity index (χ0v) is 16.2. The predicted octanol–water partition coefficient (Wildman–Crippen LogP) is 3.74. The van der Waals surface area contributed by atoms with Crippen LogP contribution in [0.1, 0.15) is 26.6 Å². The molecular weight excluding hydrogens is 374 g/mol. The summed E-state index contributed by atoms with van der Waals surface area (Å²) in [6, 6.07) is 7.36. The van der Waals surface area contributed by atoms with Gasteiger partial charge in [-0.15, -0.1) is 11.3 Å². The van der Waals surface area contributed by atoms with E-state index >= 15 is 0 Å². The molecule has 2 heterocycles. The molecule has 3 rings (SSSR count). The molecule has 0 radical (unpaired) electrons. The number of nitrogens with zero attached hydrogens (tertiary/aromatic N) is 2. The number of fused-ring (bicyclic) bond motifs is 1. The largest absolute Gasteiger partial charge is 0.480 e. The maximum Gasteiger partial charge on any atom is 0.261 e. The quantitative estimate of drug-likeness (QED) is 0.692. The third kappa shape index (κ3) is 3.80. The Morgan fingerprint density at radius 2 is 1.96 bits per heavy atom. The molecule has 0 atom stereocenters. The highest BCUT2D eigenvalue weighted by atomic mass is 35.5. The molecule has 1 aromatic carbocycles. The van der Waals surface area contributed by atoms with Gasteiger partial charge in [0.1, 0.15) is 11.4 Å². The number of amides is 1. The lowest BCUT2D eigenvalue weighted by molar-refractivity contribution is 0.0954. The number of ether oxygens (including phenoxy) is 2. The van der Waals surface area contributed by atoms with Crippen LogP contribution in [0.5, 0.6) is 5.88 Å². The maximum absolute atomic E-state index is 12.6. The van der Waals surface area contributed by atoms with Crippen LogP contribution in [0.3, 0.4) is 0 Å². The van der Waals surface area contributed by atoms with Gasteiger partial charge in [0.15, 0.2) is 5.82 Å². The molecule has 0 fully saturated rings. The number of carbonyl (C=O) groups is 1. The van der Waals surface area contributed by atoms with Gasteiger partial charge in [-0.3, -0.25) is 4.79 Å². The molecule has 8 heteroatoms. The van der Waals surface area contributed by atoms with Crippen LogP contribution in [-0.2, 0) is 17.9 Å². The highest BCUT2D eigenvalue weighted by molar-refractivity contribution is 7.20. The second-order valence-corrected chi connectivity index (χ2v) is 7.06. The minimum Gasteiger partial charge on any atom is -0.480 e. The lowest BCUT2D eigenvalue weighted by Gasteiger charge is -2.06. The molecule has 0 spiro atoms. The second-order valence-electron chi connectivity index (χ2n) is 5.63. The van der Waals surface area contributed by atoms with Gasteiger partial charge in [-0.05, 0) is 30.2 Å². The van der Waals surface area contributed by atoms with Gasteiger partial charge in [0.25, 0.3) is 5.91 Å². The Balaban J connectivity index is 1.88. The summed E-state index contributed by atoms with van der Waals surface area (Å²) in [5, 5.41) is 4.35. The minimum atomic E-state index is -0.157. The second kappa shape index (κ2) is 7.99. The number of thiophene rings is 1. The summed E-state index contributed by atoms with van der Waals surface area (Å²) >= 11 is 7.20. The molecule has 1 amide bonds. The van der Waals surface area contributed by atoms with Gasteiger partial charge in [-0.25, -0.2) is 4.98 Å². The first-order valence-corrected chi connectivity index (χ1v) is 9.08. The van der Waals surface area contributed by atoms with Crippen LogP contribution < -0.4 is 10.1 Å². The van der Waals surface area contributed by atoms with Crippen LogP contribution in [0.25, 0.3) is 10.2 Å². The van der Waals surface area contributed by atoms with Crippen molar-refractivity contribution in [2.24, 2.45) is 0 Å². The standard InChI is InChI=1S/C18H18ClN3O3S/c1-10-14-17(25-3)21-13(9-24-2)22-18(14)26-15(10)16(23)20-8-11-4-6-12(19)7-5-11/h4-7H,8-9H2,1-3H3,(H,20,23). The summed E-state index contributed by atoms with van der Waals surface area (Å²) < 4.78 is 10.5. The third-order valence-corrected chi connectivity index (χ3v) is 5.28. The van der Waals surface area contributed by atoms with Crippen molar-refractivity contribution in [3.8, 4) is 5.88 Å². The van der Waals surface area contributed by atoms with Gasteiger partial charge in [0.2, 0.25) is 5.88 Å². The Labute approximate surface area is 160 Å². The molecule has 136 valence electrons. The van der Waals surface area contributed by atoms with Crippen molar-refractivity contribution in [1.29, 1.82) is 0 Å². The Kier molecular flexibility index (Phi) is 5.70. The number of aryl methyl sites for hydroxylation is 1. The van der Waals surface area contributed by atoms with Gasteiger partial charge in [0.05, 0.1) is 17.4 Å². The zero-order chi connectivity index (χ0) is 18.7. The number of aromatic nitrogens is 2. The molecule has 0 unspecified atom stereocenters. The Morgan fingerprint density at radius 3 is 2.62 bits per heavy atom. The smallest absolute Gasteiger partial charge is 0.261 e. The summed E-state index contributed by atoms with van der Waals surface area (Å²) in [6.45, 7) is 2.57. The molecular formula is C18H18ClN3O3S. The number of rotatable bonds is 6. The van der Waals surface area contributed by atoms with Crippen LogP contribution in [0.4, 0.5) is 0 Å². The topological polar surface area (TPSA) is 73.3 Å². The molecule has 0 bridgehead atoms. The molecule has 0 aliphatic carbocycles. The van der Waals surface area contributed by atoms with Gasteiger partial charge in [-0.1, -0.05) is 23.7 Å². The number of carbonyl (C=O) groups excluding carboxylic acids is 1. The number of methoxy groups -OCH3 is 2. The van der Waals surface area contributed by atoms with E-state index in [1.807, 2.05) is 19.1 Å². The van der Waals surface area contributed by atoms with Crippen LogP contribution in [0.15, 0.2) is 24.3 Å². The van der Waals surface area contributed by atoms with E-state index in [4.69, 9.17) is 21.1 Å². The van der Waals surface area contributed by atoms with Gasteiger partial charge in [-0.2, -0.15) is 4.98 Å². The number of benzene rings is 1. The van der Waals surface area contributed by atoms with Crippen LogP contribution in [0.2, 0.25) is 5.02 Å². The summed E-state index contributed by atoms with van der Waals surface area (Å²) in [4.78, 5) is 22.8. The highest BCUT2D eigenvalue weighted by Gasteiger charge is 2.21. The molecule has 3 aromatic rings. The fourth-order valence-corrected chi connectivity index (χ4v) is 3.80. The number of halogens is 1. The minimum absolute atomic E-state index is 0.157. The Hall–Kier alpha value is -2.22. The monoisotopic (exact) mass is 391 g/mol. The van der Waals surface area contributed by atoms with E-state index in [2.05, 4.69) is 15.3 Å². The maximum atomic E-state index is 12.6. The number of nitrogens with one attached hydrogen (secondary N) is 1. The van der Waals surface area contributed by atoms with Gasteiger partial charge in [0, 0.05) is 18.7 Å². The summed E-state index contributed by atoms with van der Waals surface area (Å²) in [5.74, 6) is 0.814. The van der Waals surface area contributed by atoms with Crippen LogP contribution in [-0.4, -0.2) is 30.1 Å². The average Bonchev–Trinajstić information content (AvgIpc) is 2.97. The van der Waals surface area contributed by atoms with Crippen molar-refractivity contribution in [2.75, 3.05) is 14.2 Å². The van der Waals surface area contributed by atoms with Crippen molar-refractivity contribution in [3.63, 3.8) is 0 Å². The van der Waals surface area contributed by atoms with E-state index in [1.165, 1.54) is 11.3 Å². The summed E-state index contributed by atoms with van der Waals surface area (Å²) in [6.07, 6.45) is 0. The molecule has 0 aliphatic rings. The highest BCUT2D eigenvalue weighted by Crippen LogP contribution is 2.35. The normalized spacial score (nSPS) is 10.9. The molecule has 26 heavy (non-hydrogen) atoms. The lowest BCUT2D eigenvalue weighted by atomic mass is 10.2. The summed E-state index contributed by atoms with van der Waals surface area (Å²) in [7, 11) is 3.13. The van der Waals surface area contributed by atoms with E-state index in [0.29, 0.717) is 33.0 Å². The van der Waals surface area contributed by atoms with E-state index in [9.17, 15) is 4.79 Å². The van der Waals surface area contributed by atoms with Crippen molar-refractivity contribution in [3.05, 3.63) is 51.1 Å². The van der Waals surface area contributed by atoms with E-state index < -0.39 is 0 Å². The third-order valence-electron chi connectivity index (χ3n) is 3.84.